The summed E-state index contributed by atoms with van der Waals surface area (Å²) in [5.74, 6) is 1.20. The van der Waals surface area contributed by atoms with Crippen LogP contribution in [-0.2, 0) is 12.6 Å². The van der Waals surface area contributed by atoms with Gasteiger partial charge in [-0.15, -0.1) is 0 Å². The van der Waals surface area contributed by atoms with E-state index in [1.807, 2.05) is 26.0 Å². The molecule has 0 saturated heterocycles. The molecule has 0 spiro atoms. The molecule has 2 aromatic carbocycles. The predicted octanol–water partition coefficient (Wildman–Crippen LogP) is 4.74. The monoisotopic (exact) mass is 365 g/mol. The molecule has 1 aliphatic heterocycles. The summed E-state index contributed by atoms with van der Waals surface area (Å²) < 4.78 is 51.7. The number of fused-ring (bicyclic) bond motifs is 1. The maximum Gasteiger partial charge on any atom is 0.416 e. The fourth-order valence-electron chi connectivity index (χ4n) is 3.39. The van der Waals surface area contributed by atoms with Crippen molar-refractivity contribution in [2.24, 2.45) is 0 Å². The highest BCUT2D eigenvalue weighted by atomic mass is 19.4. The van der Waals surface area contributed by atoms with Crippen LogP contribution in [0.15, 0.2) is 36.4 Å². The van der Waals surface area contributed by atoms with Crippen LogP contribution in [0.2, 0.25) is 0 Å². The molecule has 3 rings (SSSR count). The Kier molecular flexibility index (Phi) is 5.41. The molecule has 1 heterocycles. The minimum Gasteiger partial charge on any atom is -0.490 e. The zero-order chi connectivity index (χ0) is 18.7. The molecule has 0 aliphatic carbocycles. The average molecular weight is 365 g/mol. The van der Waals surface area contributed by atoms with Crippen molar-refractivity contribution < 1.29 is 22.6 Å². The first-order chi connectivity index (χ1) is 12.5. The maximum atomic E-state index is 13.5. The van der Waals surface area contributed by atoms with Crippen molar-refractivity contribution in [3.8, 4) is 11.5 Å². The third-order valence-corrected chi connectivity index (χ3v) is 4.44. The van der Waals surface area contributed by atoms with E-state index in [1.54, 1.807) is 6.07 Å². The molecule has 1 aliphatic rings. The van der Waals surface area contributed by atoms with Gasteiger partial charge in [-0.3, -0.25) is 0 Å². The highest BCUT2D eigenvalue weighted by molar-refractivity contribution is 5.52. The van der Waals surface area contributed by atoms with E-state index in [4.69, 9.17) is 9.47 Å². The molecule has 0 bridgehead atoms. The molecule has 0 radical (unpaired) electrons. The van der Waals surface area contributed by atoms with Crippen molar-refractivity contribution >= 4 is 0 Å². The minimum atomic E-state index is -4.40. The maximum absolute atomic E-state index is 13.5. The molecule has 0 fully saturated rings. The molecular weight excluding hydrogens is 343 g/mol. The minimum absolute atomic E-state index is 0.229. The van der Waals surface area contributed by atoms with E-state index in [-0.39, 0.29) is 5.56 Å². The Morgan fingerprint density at radius 3 is 2.31 bits per heavy atom. The van der Waals surface area contributed by atoms with Crippen LogP contribution in [0.5, 0.6) is 11.5 Å². The van der Waals surface area contributed by atoms with Gasteiger partial charge in [-0.05, 0) is 55.2 Å². The van der Waals surface area contributed by atoms with E-state index in [0.717, 1.165) is 23.6 Å². The lowest BCUT2D eigenvalue weighted by atomic mass is 9.87. The van der Waals surface area contributed by atoms with Gasteiger partial charge in [0.1, 0.15) is 0 Å². The topological polar surface area (TPSA) is 30.5 Å². The fourth-order valence-corrected chi connectivity index (χ4v) is 3.39. The normalized spacial score (nSPS) is 16.9. The number of halogens is 3. The lowest BCUT2D eigenvalue weighted by Gasteiger charge is -2.30. The first-order valence-corrected chi connectivity index (χ1v) is 8.77. The molecule has 2 aromatic rings. The summed E-state index contributed by atoms with van der Waals surface area (Å²) in [7, 11) is 0. The average Bonchev–Trinajstić information content (AvgIpc) is 2.61. The molecule has 1 atom stereocenters. The summed E-state index contributed by atoms with van der Waals surface area (Å²) in [5, 5.41) is 3.23. The number of benzene rings is 2. The van der Waals surface area contributed by atoms with Gasteiger partial charge < -0.3 is 14.8 Å². The van der Waals surface area contributed by atoms with Gasteiger partial charge >= 0.3 is 6.18 Å². The number of hydrogen-bond donors (Lipinski definition) is 1. The van der Waals surface area contributed by atoms with E-state index in [9.17, 15) is 13.2 Å². The van der Waals surface area contributed by atoms with Crippen LogP contribution >= 0.6 is 0 Å². The van der Waals surface area contributed by atoms with Gasteiger partial charge in [0.05, 0.1) is 24.8 Å². The van der Waals surface area contributed by atoms with Gasteiger partial charge in [-0.25, -0.2) is 0 Å². The molecule has 140 valence electrons. The van der Waals surface area contributed by atoms with E-state index in [2.05, 4.69) is 5.32 Å². The Hall–Kier alpha value is -2.21. The largest absolute Gasteiger partial charge is 0.490 e. The summed E-state index contributed by atoms with van der Waals surface area (Å²) in [4.78, 5) is 0. The number of rotatable bonds is 5. The molecule has 0 aromatic heterocycles. The zero-order valence-corrected chi connectivity index (χ0v) is 14.8. The first-order valence-electron chi connectivity index (χ1n) is 8.77. The quantitative estimate of drug-likeness (QED) is 0.830. The number of ether oxygens (including phenoxy) is 2. The molecule has 3 nitrogen and oxygen atoms in total. The van der Waals surface area contributed by atoms with Crippen molar-refractivity contribution in [1.82, 2.24) is 5.32 Å². The van der Waals surface area contributed by atoms with Gasteiger partial charge in [-0.2, -0.15) is 13.2 Å². The van der Waals surface area contributed by atoms with Crippen molar-refractivity contribution in [1.29, 1.82) is 0 Å². The second kappa shape index (κ2) is 7.58. The molecule has 1 N–H and O–H groups in total. The first kappa shape index (κ1) is 18.6. The van der Waals surface area contributed by atoms with Gasteiger partial charge in [0, 0.05) is 6.54 Å². The third-order valence-electron chi connectivity index (χ3n) is 4.44. The Bertz CT molecular complexity index is 774. The van der Waals surface area contributed by atoms with Crippen LogP contribution in [0, 0.1) is 0 Å². The van der Waals surface area contributed by atoms with Crippen LogP contribution in [0.3, 0.4) is 0 Å². The van der Waals surface area contributed by atoms with Crippen LogP contribution in [-0.4, -0.2) is 19.8 Å². The Morgan fingerprint density at radius 1 is 1.00 bits per heavy atom. The van der Waals surface area contributed by atoms with Gasteiger partial charge in [0.25, 0.3) is 0 Å². The predicted molar refractivity (Wildman–Crippen MR) is 93.8 cm³/mol. The van der Waals surface area contributed by atoms with Crippen LogP contribution in [0.1, 0.15) is 42.1 Å². The molecular formula is C20H22F3NO2. The van der Waals surface area contributed by atoms with Gasteiger partial charge in [0.2, 0.25) is 0 Å². The summed E-state index contributed by atoms with van der Waals surface area (Å²) in [6, 6.07) is 8.89. The van der Waals surface area contributed by atoms with Gasteiger partial charge in [0.15, 0.2) is 11.5 Å². The smallest absolute Gasteiger partial charge is 0.416 e. The lowest BCUT2D eigenvalue weighted by molar-refractivity contribution is -0.138. The van der Waals surface area contributed by atoms with Crippen molar-refractivity contribution in [2.45, 2.75) is 32.5 Å². The van der Waals surface area contributed by atoms with Crippen molar-refractivity contribution in [3.63, 3.8) is 0 Å². The number of alkyl halides is 3. The summed E-state index contributed by atoms with van der Waals surface area (Å²) in [6.07, 6.45) is -3.67. The Morgan fingerprint density at radius 2 is 1.65 bits per heavy atom. The second-order valence-corrected chi connectivity index (χ2v) is 6.09. The van der Waals surface area contributed by atoms with Gasteiger partial charge in [-0.1, -0.05) is 18.2 Å². The molecule has 1 unspecified atom stereocenters. The number of nitrogens with one attached hydrogen (secondary N) is 1. The van der Waals surface area contributed by atoms with E-state index in [0.29, 0.717) is 31.3 Å². The van der Waals surface area contributed by atoms with Crippen molar-refractivity contribution in [2.75, 3.05) is 19.8 Å². The summed E-state index contributed by atoms with van der Waals surface area (Å²) >= 11 is 0. The third kappa shape index (κ3) is 3.65. The van der Waals surface area contributed by atoms with Crippen LogP contribution in [0.25, 0.3) is 0 Å². The number of hydrogen-bond acceptors (Lipinski definition) is 3. The highest BCUT2D eigenvalue weighted by Gasteiger charge is 2.36. The summed E-state index contributed by atoms with van der Waals surface area (Å²) in [6.45, 7) is 5.31. The lowest BCUT2D eigenvalue weighted by Crippen LogP contribution is -2.32. The second-order valence-electron chi connectivity index (χ2n) is 6.09. The SMILES string of the molecule is CCOc1cc2c(cc1OCC)C(c1ccccc1C(F)(F)F)NCC2. The Balaban J connectivity index is 2.11. The molecule has 0 saturated carbocycles. The molecule has 6 heteroatoms. The van der Waals surface area contributed by atoms with E-state index < -0.39 is 17.8 Å². The fraction of sp³-hybridized carbons (Fsp3) is 0.400. The standard InChI is InChI=1S/C20H22F3NO2/c1-3-25-17-11-13-9-10-24-19(15(13)12-18(17)26-4-2)14-7-5-6-8-16(14)20(21,22)23/h5-8,11-12,19,24H,3-4,9-10H2,1-2H3. The zero-order valence-electron chi connectivity index (χ0n) is 14.8. The van der Waals surface area contributed by atoms with Crippen molar-refractivity contribution in [3.05, 3.63) is 58.7 Å². The highest BCUT2D eigenvalue weighted by Crippen LogP contribution is 2.41. The molecule has 0 amide bonds. The van der Waals surface area contributed by atoms with E-state index >= 15 is 0 Å². The Labute approximate surface area is 151 Å². The van der Waals surface area contributed by atoms with Crippen LogP contribution < -0.4 is 14.8 Å². The summed E-state index contributed by atoms with van der Waals surface area (Å²) in [5.41, 5.74) is 1.40. The van der Waals surface area contributed by atoms with Crippen LogP contribution in [0.4, 0.5) is 13.2 Å². The molecule has 26 heavy (non-hydrogen) atoms. The van der Waals surface area contributed by atoms with E-state index in [1.165, 1.54) is 12.1 Å².